The van der Waals surface area contributed by atoms with Crippen LogP contribution in [-0.4, -0.2) is 23.5 Å². The van der Waals surface area contributed by atoms with Gasteiger partial charge in [-0.1, -0.05) is 37.2 Å². The minimum atomic E-state index is -0.958. The van der Waals surface area contributed by atoms with Gasteiger partial charge in [-0.2, -0.15) is 0 Å². The Balaban J connectivity index is 3.23. The summed E-state index contributed by atoms with van der Waals surface area (Å²) in [5.41, 5.74) is 5.66. The van der Waals surface area contributed by atoms with E-state index in [9.17, 15) is 4.79 Å². The van der Waals surface area contributed by atoms with E-state index >= 15 is 0 Å². The highest BCUT2D eigenvalue weighted by atomic mass is 16.4. The van der Waals surface area contributed by atoms with Crippen molar-refractivity contribution >= 4 is 17.4 Å². The number of hydrogen-bond acceptors (Lipinski definition) is 3. The number of hydrogen-bond donors (Lipinski definition) is 2. The fraction of sp³-hybridized carbons (Fsp3) is 0.467. The zero-order chi connectivity index (χ0) is 15.2. The average molecular weight is 277 g/mol. The average Bonchev–Trinajstić information content (AvgIpc) is 2.50. The van der Waals surface area contributed by atoms with Gasteiger partial charge < -0.3 is 15.8 Å². The fourth-order valence-corrected chi connectivity index (χ4v) is 2.43. The van der Waals surface area contributed by atoms with E-state index in [2.05, 4.69) is 5.16 Å². The van der Waals surface area contributed by atoms with Gasteiger partial charge in [0.2, 0.25) is 5.91 Å². The van der Waals surface area contributed by atoms with E-state index in [1.165, 1.54) is 0 Å². The second-order valence-corrected chi connectivity index (χ2v) is 4.66. The Kier molecular flexibility index (Phi) is 5.55. The molecule has 1 amide bonds. The van der Waals surface area contributed by atoms with Gasteiger partial charge in [0.25, 0.3) is 0 Å². The molecule has 1 rings (SSSR count). The number of anilines is 1. The Hall–Kier alpha value is -2.04. The van der Waals surface area contributed by atoms with E-state index in [-0.39, 0.29) is 11.7 Å². The van der Waals surface area contributed by atoms with Crippen molar-refractivity contribution in [3.8, 4) is 0 Å². The number of amides is 1. The molecule has 0 aliphatic carbocycles. The maximum Gasteiger partial charge on any atom is 0.240 e. The highest BCUT2D eigenvalue weighted by molar-refractivity contribution is 6.12. The number of nitrogens with zero attached hydrogens (tertiary/aromatic N) is 2. The van der Waals surface area contributed by atoms with Crippen molar-refractivity contribution in [3.05, 3.63) is 30.3 Å². The number of rotatable bonds is 6. The van der Waals surface area contributed by atoms with Crippen LogP contribution in [0.3, 0.4) is 0 Å². The number of amidine groups is 1. The molecular weight excluding hydrogens is 254 g/mol. The molecule has 5 heteroatoms. The van der Waals surface area contributed by atoms with Crippen LogP contribution < -0.4 is 10.6 Å². The van der Waals surface area contributed by atoms with E-state index in [0.717, 1.165) is 5.69 Å². The second kappa shape index (κ2) is 6.93. The summed E-state index contributed by atoms with van der Waals surface area (Å²) >= 11 is 0. The molecule has 0 saturated carbocycles. The third kappa shape index (κ3) is 2.76. The van der Waals surface area contributed by atoms with Crippen LogP contribution in [0, 0.1) is 5.41 Å². The van der Waals surface area contributed by atoms with Crippen molar-refractivity contribution in [1.82, 2.24) is 0 Å². The van der Waals surface area contributed by atoms with Gasteiger partial charge in [-0.25, -0.2) is 0 Å². The molecule has 110 valence electrons. The van der Waals surface area contributed by atoms with E-state index < -0.39 is 5.41 Å². The number of oxime groups is 1. The third-order valence-electron chi connectivity index (χ3n) is 3.84. The molecule has 0 aliphatic rings. The molecule has 0 heterocycles. The SMILES string of the molecule is CCN(C(=O)C(CC)(CC)C(N)=NO)c1ccccc1. The first kappa shape index (κ1) is 16.0. The first-order valence-corrected chi connectivity index (χ1v) is 6.92. The van der Waals surface area contributed by atoms with E-state index in [1.807, 2.05) is 51.1 Å². The van der Waals surface area contributed by atoms with Crippen LogP contribution in [0.1, 0.15) is 33.6 Å². The van der Waals surface area contributed by atoms with Crippen LogP contribution in [0.25, 0.3) is 0 Å². The first-order valence-electron chi connectivity index (χ1n) is 6.92. The van der Waals surface area contributed by atoms with Gasteiger partial charge in [0, 0.05) is 12.2 Å². The summed E-state index contributed by atoms with van der Waals surface area (Å²) in [4.78, 5) is 14.6. The van der Waals surface area contributed by atoms with E-state index in [4.69, 9.17) is 10.9 Å². The zero-order valence-corrected chi connectivity index (χ0v) is 12.3. The number of nitrogens with two attached hydrogens (primary N) is 1. The lowest BCUT2D eigenvalue weighted by atomic mass is 9.79. The van der Waals surface area contributed by atoms with Crippen LogP contribution in [-0.2, 0) is 4.79 Å². The molecule has 0 atom stereocenters. The summed E-state index contributed by atoms with van der Waals surface area (Å²) in [7, 11) is 0. The summed E-state index contributed by atoms with van der Waals surface area (Å²) in [5.74, 6) is -0.159. The molecule has 0 unspecified atom stereocenters. The Morgan fingerprint density at radius 2 is 1.80 bits per heavy atom. The number of para-hydroxylation sites is 1. The number of benzene rings is 1. The standard InChI is InChI=1S/C15H23N3O2/c1-4-15(5-2,13(16)17-20)14(19)18(6-3)12-10-8-7-9-11-12/h7-11,20H,4-6H2,1-3H3,(H2,16,17). The largest absolute Gasteiger partial charge is 0.409 e. The summed E-state index contributed by atoms with van der Waals surface area (Å²) < 4.78 is 0. The quantitative estimate of drug-likeness (QED) is 0.363. The zero-order valence-electron chi connectivity index (χ0n) is 12.3. The van der Waals surface area contributed by atoms with Gasteiger partial charge in [0.15, 0.2) is 5.84 Å². The molecule has 0 aliphatic heterocycles. The van der Waals surface area contributed by atoms with Crippen molar-refractivity contribution in [3.63, 3.8) is 0 Å². The predicted molar refractivity (Wildman–Crippen MR) is 80.9 cm³/mol. The van der Waals surface area contributed by atoms with Gasteiger partial charge in [-0.15, -0.1) is 0 Å². The molecule has 1 aromatic carbocycles. The molecule has 0 radical (unpaired) electrons. The van der Waals surface area contributed by atoms with Crippen molar-refractivity contribution in [1.29, 1.82) is 0 Å². The van der Waals surface area contributed by atoms with Gasteiger partial charge in [-0.3, -0.25) is 4.79 Å². The van der Waals surface area contributed by atoms with Gasteiger partial charge in [0.05, 0.1) is 0 Å². The molecule has 0 aromatic heterocycles. The summed E-state index contributed by atoms with van der Waals surface area (Å²) in [6.45, 7) is 6.19. The highest BCUT2D eigenvalue weighted by Gasteiger charge is 2.42. The molecule has 0 spiro atoms. The Bertz CT molecular complexity index is 467. The normalized spacial score (nSPS) is 12.2. The fourth-order valence-electron chi connectivity index (χ4n) is 2.43. The van der Waals surface area contributed by atoms with Crippen molar-refractivity contribution in [2.24, 2.45) is 16.3 Å². The molecule has 0 fully saturated rings. The first-order chi connectivity index (χ1) is 9.57. The Morgan fingerprint density at radius 1 is 1.25 bits per heavy atom. The molecule has 3 N–H and O–H groups in total. The van der Waals surface area contributed by atoms with Crippen LogP contribution in [0.15, 0.2) is 35.5 Å². The minimum absolute atomic E-state index is 0.0260. The molecule has 0 bridgehead atoms. The number of carbonyl (C=O) groups is 1. The van der Waals surface area contributed by atoms with Crippen molar-refractivity contribution in [2.75, 3.05) is 11.4 Å². The molecule has 20 heavy (non-hydrogen) atoms. The molecule has 0 saturated heterocycles. The lowest BCUT2D eigenvalue weighted by molar-refractivity contribution is -0.125. The van der Waals surface area contributed by atoms with Crippen LogP contribution in [0.2, 0.25) is 0 Å². The monoisotopic (exact) mass is 277 g/mol. The van der Waals surface area contributed by atoms with Crippen LogP contribution in [0.4, 0.5) is 5.69 Å². The van der Waals surface area contributed by atoms with Gasteiger partial charge in [-0.05, 0) is 31.9 Å². The van der Waals surface area contributed by atoms with Crippen molar-refractivity contribution < 1.29 is 10.0 Å². The van der Waals surface area contributed by atoms with E-state index in [1.54, 1.807) is 4.90 Å². The van der Waals surface area contributed by atoms with Crippen LogP contribution in [0.5, 0.6) is 0 Å². The Morgan fingerprint density at radius 3 is 2.20 bits per heavy atom. The lowest BCUT2D eigenvalue weighted by Gasteiger charge is -2.34. The third-order valence-corrected chi connectivity index (χ3v) is 3.84. The molecular formula is C15H23N3O2. The summed E-state index contributed by atoms with van der Waals surface area (Å²) in [6.07, 6.45) is 0.975. The van der Waals surface area contributed by atoms with E-state index in [0.29, 0.717) is 19.4 Å². The maximum absolute atomic E-state index is 12.9. The lowest BCUT2D eigenvalue weighted by Crippen LogP contribution is -2.51. The number of carbonyl (C=O) groups excluding carboxylic acids is 1. The predicted octanol–water partition coefficient (Wildman–Crippen LogP) is 2.59. The Labute approximate surface area is 120 Å². The van der Waals surface area contributed by atoms with Gasteiger partial charge >= 0.3 is 0 Å². The second-order valence-electron chi connectivity index (χ2n) is 4.66. The van der Waals surface area contributed by atoms with Crippen LogP contribution >= 0.6 is 0 Å². The summed E-state index contributed by atoms with van der Waals surface area (Å²) in [6, 6.07) is 9.43. The topological polar surface area (TPSA) is 78.9 Å². The highest BCUT2D eigenvalue weighted by Crippen LogP contribution is 2.31. The smallest absolute Gasteiger partial charge is 0.240 e. The molecule has 1 aromatic rings. The minimum Gasteiger partial charge on any atom is -0.409 e. The maximum atomic E-state index is 12.9. The van der Waals surface area contributed by atoms with Gasteiger partial charge in [0.1, 0.15) is 5.41 Å². The van der Waals surface area contributed by atoms with Crippen molar-refractivity contribution in [2.45, 2.75) is 33.6 Å². The molecule has 5 nitrogen and oxygen atoms in total. The summed E-state index contributed by atoms with van der Waals surface area (Å²) in [5, 5.41) is 12.1.